The maximum atomic E-state index is 11.0. The highest BCUT2D eigenvalue weighted by Crippen LogP contribution is 2.30. The fourth-order valence-electron chi connectivity index (χ4n) is 1.75. The Hall–Kier alpha value is -1.26. The van der Waals surface area contributed by atoms with Gasteiger partial charge in [-0.15, -0.1) is 11.8 Å². The van der Waals surface area contributed by atoms with E-state index in [1.807, 2.05) is 37.4 Å². The van der Waals surface area contributed by atoms with Crippen LogP contribution >= 0.6 is 27.7 Å². The zero-order valence-corrected chi connectivity index (χ0v) is 13.0. The summed E-state index contributed by atoms with van der Waals surface area (Å²) in [7, 11) is 0. The van der Waals surface area contributed by atoms with Crippen molar-refractivity contribution < 1.29 is 9.53 Å². The lowest BCUT2D eigenvalue weighted by Gasteiger charge is -2.10. The van der Waals surface area contributed by atoms with Gasteiger partial charge in [0.15, 0.2) is 6.29 Å². The molecule has 0 amide bonds. The van der Waals surface area contributed by atoms with Crippen LogP contribution < -0.4 is 4.74 Å². The van der Waals surface area contributed by atoms with Crippen LogP contribution in [0.4, 0.5) is 0 Å². The summed E-state index contributed by atoms with van der Waals surface area (Å²) < 4.78 is 6.63. The summed E-state index contributed by atoms with van der Waals surface area (Å²) in [5, 5.41) is 0. The molecule has 0 radical (unpaired) electrons. The Morgan fingerprint density at radius 2 is 2.00 bits per heavy atom. The van der Waals surface area contributed by atoms with E-state index in [4.69, 9.17) is 4.74 Å². The van der Waals surface area contributed by atoms with E-state index in [0.29, 0.717) is 11.3 Å². The molecule has 2 aromatic rings. The monoisotopic (exact) mass is 336 g/mol. The lowest BCUT2D eigenvalue weighted by Crippen LogP contribution is -1.91. The molecule has 2 aromatic carbocycles. The van der Waals surface area contributed by atoms with Gasteiger partial charge in [0, 0.05) is 9.37 Å². The van der Waals surface area contributed by atoms with Crippen LogP contribution in [0.2, 0.25) is 0 Å². The van der Waals surface area contributed by atoms with Gasteiger partial charge in [-0.2, -0.15) is 0 Å². The van der Waals surface area contributed by atoms with Gasteiger partial charge in [0.25, 0.3) is 0 Å². The highest BCUT2D eigenvalue weighted by Gasteiger charge is 2.06. The molecule has 0 atom stereocenters. The summed E-state index contributed by atoms with van der Waals surface area (Å²) in [5.41, 5.74) is 1.69. The second-order valence-electron chi connectivity index (χ2n) is 4.03. The minimum Gasteiger partial charge on any atom is -0.457 e. The van der Waals surface area contributed by atoms with Crippen molar-refractivity contribution in [3.05, 3.63) is 52.0 Å². The van der Waals surface area contributed by atoms with Crippen LogP contribution in [-0.4, -0.2) is 12.5 Å². The quantitative estimate of drug-likeness (QED) is 0.575. The number of ether oxygens (including phenoxy) is 1. The standard InChI is InChI=1S/C15H13BrO2S/c1-10-7-13(4-6-15(10)19-2)18-14-5-3-12(16)8-11(14)9-17/h3-9H,1-2H3. The number of hydrogen-bond donors (Lipinski definition) is 0. The van der Waals surface area contributed by atoms with Crippen molar-refractivity contribution in [2.75, 3.05) is 6.26 Å². The summed E-state index contributed by atoms with van der Waals surface area (Å²) in [6, 6.07) is 11.3. The van der Waals surface area contributed by atoms with Gasteiger partial charge in [-0.05, 0) is 55.1 Å². The second-order valence-corrected chi connectivity index (χ2v) is 5.80. The predicted molar refractivity (Wildman–Crippen MR) is 82.6 cm³/mol. The molecule has 0 aliphatic rings. The molecule has 0 aromatic heterocycles. The average Bonchev–Trinajstić information content (AvgIpc) is 2.41. The molecule has 19 heavy (non-hydrogen) atoms. The van der Waals surface area contributed by atoms with Gasteiger partial charge in [0.2, 0.25) is 0 Å². The van der Waals surface area contributed by atoms with Crippen molar-refractivity contribution in [1.29, 1.82) is 0 Å². The maximum Gasteiger partial charge on any atom is 0.153 e. The summed E-state index contributed by atoms with van der Waals surface area (Å²) in [5.74, 6) is 1.30. The van der Waals surface area contributed by atoms with E-state index in [9.17, 15) is 4.79 Å². The first-order valence-corrected chi connectivity index (χ1v) is 7.73. The van der Waals surface area contributed by atoms with Gasteiger partial charge < -0.3 is 4.74 Å². The molecule has 0 fully saturated rings. The molecule has 2 rings (SSSR count). The van der Waals surface area contributed by atoms with Crippen LogP contribution in [0.15, 0.2) is 45.8 Å². The molecule has 0 N–H and O–H groups in total. The Morgan fingerprint density at radius 3 is 2.63 bits per heavy atom. The number of carbonyl (C=O) groups excluding carboxylic acids is 1. The van der Waals surface area contributed by atoms with Crippen molar-refractivity contribution in [3.63, 3.8) is 0 Å². The van der Waals surface area contributed by atoms with E-state index < -0.39 is 0 Å². The molecule has 0 bridgehead atoms. The summed E-state index contributed by atoms with van der Waals surface area (Å²) in [4.78, 5) is 12.3. The van der Waals surface area contributed by atoms with Crippen molar-refractivity contribution in [1.82, 2.24) is 0 Å². The SMILES string of the molecule is CSc1ccc(Oc2ccc(Br)cc2C=O)cc1C. The minimum absolute atomic E-state index is 0.529. The van der Waals surface area contributed by atoms with Crippen molar-refractivity contribution in [3.8, 4) is 11.5 Å². The van der Waals surface area contributed by atoms with Crippen molar-refractivity contribution in [2.24, 2.45) is 0 Å². The van der Waals surface area contributed by atoms with Gasteiger partial charge in [-0.1, -0.05) is 15.9 Å². The maximum absolute atomic E-state index is 11.0. The summed E-state index contributed by atoms with van der Waals surface area (Å²) >= 11 is 5.04. The number of rotatable bonds is 4. The molecular formula is C15H13BrO2S. The Morgan fingerprint density at radius 1 is 1.21 bits per heavy atom. The number of benzene rings is 2. The summed E-state index contributed by atoms with van der Waals surface area (Å²) in [6.07, 6.45) is 2.84. The molecular weight excluding hydrogens is 324 g/mol. The first kappa shape index (κ1) is 14.2. The first-order valence-electron chi connectivity index (χ1n) is 5.71. The van der Waals surface area contributed by atoms with Crippen LogP contribution in [0.1, 0.15) is 15.9 Å². The Labute approximate surface area is 125 Å². The van der Waals surface area contributed by atoms with Crippen molar-refractivity contribution >= 4 is 34.0 Å². The largest absolute Gasteiger partial charge is 0.457 e. The number of aryl methyl sites for hydroxylation is 1. The third-order valence-corrected chi connectivity index (χ3v) is 4.08. The zero-order valence-electron chi connectivity index (χ0n) is 10.6. The molecule has 0 saturated carbocycles. The summed E-state index contributed by atoms with van der Waals surface area (Å²) in [6.45, 7) is 2.04. The molecule has 0 spiro atoms. The molecule has 0 unspecified atom stereocenters. The fourth-order valence-corrected chi connectivity index (χ4v) is 2.71. The van der Waals surface area contributed by atoms with E-state index in [0.717, 1.165) is 22.1 Å². The van der Waals surface area contributed by atoms with Crippen LogP contribution in [0, 0.1) is 6.92 Å². The third kappa shape index (κ3) is 3.39. The molecule has 0 aliphatic carbocycles. The smallest absolute Gasteiger partial charge is 0.153 e. The molecule has 0 aliphatic heterocycles. The number of carbonyl (C=O) groups is 1. The first-order chi connectivity index (χ1) is 9.13. The molecule has 2 nitrogen and oxygen atoms in total. The van der Waals surface area contributed by atoms with Gasteiger partial charge in [-0.25, -0.2) is 0 Å². The van der Waals surface area contributed by atoms with Crippen molar-refractivity contribution in [2.45, 2.75) is 11.8 Å². The average molecular weight is 337 g/mol. The number of thioether (sulfide) groups is 1. The third-order valence-electron chi connectivity index (χ3n) is 2.69. The van der Waals surface area contributed by atoms with Gasteiger partial charge in [0.1, 0.15) is 11.5 Å². The topological polar surface area (TPSA) is 26.3 Å². The van der Waals surface area contributed by atoms with Gasteiger partial charge in [0.05, 0.1) is 5.56 Å². The van der Waals surface area contributed by atoms with Crippen LogP contribution in [0.5, 0.6) is 11.5 Å². The van der Waals surface area contributed by atoms with E-state index in [-0.39, 0.29) is 0 Å². The Kier molecular flexibility index (Phi) is 4.66. The lowest BCUT2D eigenvalue weighted by molar-refractivity contribution is 0.112. The van der Waals surface area contributed by atoms with Gasteiger partial charge in [-0.3, -0.25) is 4.79 Å². The van der Waals surface area contributed by atoms with Crippen LogP contribution in [0.25, 0.3) is 0 Å². The van der Waals surface area contributed by atoms with Crippen LogP contribution in [0.3, 0.4) is 0 Å². The normalized spacial score (nSPS) is 10.3. The predicted octanol–water partition coefficient (Wildman–Crippen LogP) is 5.08. The highest BCUT2D eigenvalue weighted by atomic mass is 79.9. The zero-order chi connectivity index (χ0) is 13.8. The second kappa shape index (κ2) is 6.26. The highest BCUT2D eigenvalue weighted by molar-refractivity contribution is 9.10. The molecule has 0 heterocycles. The molecule has 98 valence electrons. The number of hydrogen-bond acceptors (Lipinski definition) is 3. The number of aldehydes is 1. The van der Waals surface area contributed by atoms with Gasteiger partial charge >= 0.3 is 0 Å². The fraction of sp³-hybridized carbons (Fsp3) is 0.133. The Balaban J connectivity index is 2.31. The van der Waals surface area contributed by atoms with E-state index in [1.54, 1.807) is 23.9 Å². The molecule has 4 heteroatoms. The molecule has 0 saturated heterocycles. The van der Waals surface area contributed by atoms with E-state index in [2.05, 4.69) is 15.9 Å². The number of halogens is 1. The lowest BCUT2D eigenvalue weighted by atomic mass is 10.2. The Bertz CT molecular complexity index is 611. The van der Waals surface area contributed by atoms with E-state index in [1.165, 1.54) is 4.90 Å². The van der Waals surface area contributed by atoms with E-state index >= 15 is 0 Å². The van der Waals surface area contributed by atoms with Crippen LogP contribution in [-0.2, 0) is 0 Å². The minimum atomic E-state index is 0.529.